The summed E-state index contributed by atoms with van der Waals surface area (Å²) in [5.41, 5.74) is 2.09. The van der Waals surface area contributed by atoms with E-state index in [-0.39, 0.29) is 0 Å². The van der Waals surface area contributed by atoms with E-state index in [1.165, 1.54) is 19.3 Å². The second kappa shape index (κ2) is 3.50. The van der Waals surface area contributed by atoms with Gasteiger partial charge in [-0.3, -0.25) is 4.57 Å². The van der Waals surface area contributed by atoms with Crippen LogP contribution in [-0.4, -0.2) is 14.5 Å². The van der Waals surface area contributed by atoms with E-state index in [0.717, 1.165) is 44.1 Å². The van der Waals surface area contributed by atoms with Gasteiger partial charge in [-0.25, -0.2) is 4.98 Å². The molecule has 3 saturated carbocycles. The van der Waals surface area contributed by atoms with Crippen molar-refractivity contribution in [1.29, 1.82) is 0 Å². The molecule has 5 rings (SSSR count). The van der Waals surface area contributed by atoms with Crippen LogP contribution >= 0.6 is 28.1 Å². The molecule has 2 bridgehead atoms. The minimum Gasteiger partial charge on any atom is -0.329 e. The van der Waals surface area contributed by atoms with Crippen molar-refractivity contribution in [1.82, 2.24) is 14.5 Å². The van der Waals surface area contributed by atoms with Crippen molar-refractivity contribution >= 4 is 39.3 Å². The van der Waals surface area contributed by atoms with E-state index in [0.29, 0.717) is 6.04 Å². The molecular weight excluding hydrogens is 322 g/mol. The molecule has 3 aliphatic rings. The van der Waals surface area contributed by atoms with Crippen molar-refractivity contribution in [3.8, 4) is 0 Å². The summed E-state index contributed by atoms with van der Waals surface area (Å²) in [6.07, 6.45) is 6.22. The molecule has 1 N–H and O–H groups in total. The number of halogens is 1. The van der Waals surface area contributed by atoms with E-state index in [9.17, 15) is 0 Å². The predicted molar refractivity (Wildman–Crippen MR) is 79.5 cm³/mol. The normalized spacial score (nSPS) is 38.9. The van der Waals surface area contributed by atoms with Crippen LogP contribution in [0.5, 0.6) is 0 Å². The highest BCUT2D eigenvalue weighted by atomic mass is 79.9. The molecule has 5 heteroatoms. The molecule has 3 nitrogen and oxygen atoms in total. The van der Waals surface area contributed by atoms with E-state index in [1.54, 1.807) is 0 Å². The van der Waals surface area contributed by atoms with Crippen LogP contribution in [0.15, 0.2) is 16.7 Å². The molecule has 4 unspecified atom stereocenters. The topological polar surface area (TPSA) is 33.6 Å². The average molecular weight is 336 g/mol. The van der Waals surface area contributed by atoms with Gasteiger partial charge in [0.2, 0.25) is 0 Å². The largest absolute Gasteiger partial charge is 0.329 e. The number of imidazole rings is 1. The minimum atomic E-state index is 0.626. The van der Waals surface area contributed by atoms with Crippen LogP contribution in [0.25, 0.3) is 11.2 Å². The van der Waals surface area contributed by atoms with Crippen LogP contribution in [0, 0.1) is 28.4 Å². The average Bonchev–Trinajstić information content (AvgIpc) is 2.74. The maximum atomic E-state index is 5.54. The van der Waals surface area contributed by atoms with Gasteiger partial charge in [-0.1, -0.05) is 0 Å². The fourth-order valence-corrected chi connectivity index (χ4v) is 5.54. The number of nitrogens with one attached hydrogen (secondary N) is 1. The van der Waals surface area contributed by atoms with Crippen molar-refractivity contribution in [3.05, 3.63) is 21.5 Å². The lowest BCUT2D eigenvalue weighted by atomic mass is 10.0. The van der Waals surface area contributed by atoms with Crippen LogP contribution in [0.1, 0.15) is 25.3 Å². The second-order valence-electron chi connectivity index (χ2n) is 6.30. The fourth-order valence-electron chi connectivity index (χ4n) is 4.89. The molecule has 2 aromatic heterocycles. The van der Waals surface area contributed by atoms with Crippen LogP contribution in [0.3, 0.4) is 0 Å². The number of hydrogen-bond donors (Lipinski definition) is 1. The van der Waals surface area contributed by atoms with Gasteiger partial charge in [0.1, 0.15) is 0 Å². The van der Waals surface area contributed by atoms with Crippen molar-refractivity contribution in [2.45, 2.75) is 25.3 Å². The lowest BCUT2D eigenvalue weighted by Crippen LogP contribution is -2.05. The molecule has 2 heterocycles. The molecule has 0 amide bonds. The number of hydrogen-bond acceptors (Lipinski definition) is 2. The summed E-state index contributed by atoms with van der Waals surface area (Å²) in [6, 6.07) is 2.70. The molecule has 0 aromatic carbocycles. The molecule has 0 saturated heterocycles. The number of rotatable bonds is 1. The minimum absolute atomic E-state index is 0.626. The first-order chi connectivity index (χ1) is 9.24. The Labute approximate surface area is 124 Å². The number of H-pyrrole nitrogens is 1. The van der Waals surface area contributed by atoms with Gasteiger partial charge in [-0.2, -0.15) is 0 Å². The Morgan fingerprint density at radius 3 is 2.79 bits per heavy atom. The van der Waals surface area contributed by atoms with E-state index in [1.807, 2.05) is 6.20 Å². The number of nitrogens with zero attached hydrogens (tertiary/aromatic N) is 2. The number of pyridine rings is 1. The summed E-state index contributed by atoms with van der Waals surface area (Å²) in [5.74, 6) is 3.69. The van der Waals surface area contributed by atoms with E-state index < -0.39 is 0 Å². The monoisotopic (exact) mass is 335 g/mol. The molecule has 98 valence electrons. The number of aromatic amines is 1. The predicted octanol–water partition coefficient (Wildman–Crippen LogP) is 4.07. The Balaban J connectivity index is 1.67. The molecule has 4 atom stereocenters. The van der Waals surface area contributed by atoms with Gasteiger partial charge in [0.05, 0.1) is 5.52 Å². The summed E-state index contributed by atoms with van der Waals surface area (Å²) < 4.78 is 4.15. The summed E-state index contributed by atoms with van der Waals surface area (Å²) in [7, 11) is 0. The van der Waals surface area contributed by atoms with Crippen molar-refractivity contribution in [3.63, 3.8) is 0 Å². The second-order valence-corrected chi connectivity index (χ2v) is 7.61. The molecule has 19 heavy (non-hydrogen) atoms. The van der Waals surface area contributed by atoms with Gasteiger partial charge in [0.25, 0.3) is 0 Å². The maximum Gasteiger partial charge on any atom is 0.179 e. The van der Waals surface area contributed by atoms with Gasteiger partial charge in [-0.15, -0.1) is 0 Å². The van der Waals surface area contributed by atoms with E-state index in [4.69, 9.17) is 12.2 Å². The van der Waals surface area contributed by atoms with Crippen molar-refractivity contribution in [2.24, 2.45) is 23.7 Å². The zero-order valence-electron chi connectivity index (χ0n) is 10.3. The van der Waals surface area contributed by atoms with Gasteiger partial charge in [0, 0.05) is 16.7 Å². The van der Waals surface area contributed by atoms with Gasteiger partial charge in [0.15, 0.2) is 10.4 Å². The molecule has 0 aliphatic heterocycles. The lowest BCUT2D eigenvalue weighted by Gasteiger charge is -2.10. The van der Waals surface area contributed by atoms with Crippen molar-refractivity contribution < 1.29 is 0 Å². The molecule has 3 aliphatic carbocycles. The van der Waals surface area contributed by atoms with E-state index >= 15 is 0 Å². The molecule has 0 radical (unpaired) electrons. The van der Waals surface area contributed by atoms with Crippen LogP contribution in [0.2, 0.25) is 0 Å². The summed E-state index contributed by atoms with van der Waals surface area (Å²) in [4.78, 5) is 7.89. The SMILES string of the molecule is S=c1[nH]c2cc(Br)cnc2n1C1C2C3CCC(C3)C21. The molecule has 3 fully saturated rings. The first-order valence-electron chi connectivity index (χ1n) is 7.00. The fraction of sp³-hybridized carbons (Fsp3) is 0.571. The highest BCUT2D eigenvalue weighted by Gasteiger charge is 2.66. The smallest absolute Gasteiger partial charge is 0.179 e. The number of aromatic nitrogens is 3. The van der Waals surface area contributed by atoms with Crippen LogP contribution in [0.4, 0.5) is 0 Å². The van der Waals surface area contributed by atoms with Crippen LogP contribution in [-0.2, 0) is 0 Å². The Bertz CT molecular complexity index is 733. The third-order valence-corrected chi connectivity index (χ3v) is 6.25. The van der Waals surface area contributed by atoms with Crippen LogP contribution < -0.4 is 0 Å². The van der Waals surface area contributed by atoms with Gasteiger partial charge >= 0.3 is 0 Å². The summed E-state index contributed by atoms with van der Waals surface area (Å²) >= 11 is 9.01. The van der Waals surface area contributed by atoms with Gasteiger partial charge in [-0.05, 0) is 77.1 Å². The Kier molecular flexibility index (Phi) is 2.03. The maximum absolute atomic E-state index is 5.54. The molecule has 2 aromatic rings. The summed E-state index contributed by atoms with van der Waals surface area (Å²) in [6.45, 7) is 0. The summed E-state index contributed by atoms with van der Waals surface area (Å²) in [5, 5.41) is 0. The Morgan fingerprint density at radius 2 is 2.05 bits per heavy atom. The highest BCUT2D eigenvalue weighted by Crippen LogP contribution is 2.71. The standard InChI is InChI=1S/C14H14BrN3S/c15-8-4-9-13(16-5-8)18(14(19)17-9)12-10-6-1-2-7(3-6)11(10)12/h4-7,10-12H,1-3H2,(H,17,19). The highest BCUT2D eigenvalue weighted by molar-refractivity contribution is 9.10. The Hall–Kier alpha value is -0.680. The zero-order valence-corrected chi connectivity index (χ0v) is 12.7. The lowest BCUT2D eigenvalue weighted by molar-refractivity contribution is 0.456. The zero-order chi connectivity index (χ0) is 12.7. The number of fused-ring (bicyclic) bond motifs is 6. The Morgan fingerprint density at radius 1 is 1.32 bits per heavy atom. The first kappa shape index (κ1) is 11.0. The van der Waals surface area contributed by atoms with Crippen molar-refractivity contribution in [2.75, 3.05) is 0 Å². The molecule has 0 spiro atoms. The van der Waals surface area contributed by atoms with Gasteiger partial charge < -0.3 is 4.98 Å². The first-order valence-corrected chi connectivity index (χ1v) is 8.20. The quantitative estimate of drug-likeness (QED) is 0.797. The van der Waals surface area contributed by atoms with E-state index in [2.05, 4.69) is 36.5 Å². The third-order valence-electron chi connectivity index (χ3n) is 5.51. The third kappa shape index (κ3) is 1.33. The molecular formula is C14H14BrN3S.